The van der Waals surface area contributed by atoms with E-state index < -0.39 is 31.4 Å². The minimum Gasteiger partial charge on any atom is -0.508 e. The molecule has 10 heteroatoms. The molecule has 16 heavy (non-hydrogen) atoms. The van der Waals surface area contributed by atoms with Crippen LogP contribution in [-0.4, -0.2) is 35.8 Å². The lowest BCUT2D eigenvalue weighted by Gasteiger charge is -2.00. The maximum absolute atomic E-state index is 10.5. The van der Waals surface area contributed by atoms with Crippen LogP contribution >= 0.6 is 0 Å². The van der Waals surface area contributed by atoms with Gasteiger partial charge in [0.25, 0.3) is 10.1 Å². The minimum atomic E-state index is -4.47. The molecular formula is C6H6O8S2. The fraction of sp³-hybridized carbons (Fsp3) is 0. The Morgan fingerprint density at radius 2 is 1.50 bits per heavy atom. The Morgan fingerprint density at radius 1 is 1.06 bits per heavy atom. The molecule has 1 rings (SSSR count). The van der Waals surface area contributed by atoms with Gasteiger partial charge in [-0.25, -0.2) is 0 Å². The van der Waals surface area contributed by atoms with Crippen molar-refractivity contribution in [1.29, 1.82) is 0 Å². The normalized spacial score (nSPS) is 10.1. The Morgan fingerprint density at radius 3 is 1.81 bits per heavy atom. The van der Waals surface area contributed by atoms with Crippen molar-refractivity contribution < 1.29 is 35.8 Å². The molecule has 0 fully saturated rings. The van der Waals surface area contributed by atoms with Crippen molar-refractivity contribution in [3.05, 3.63) is 18.2 Å². The van der Waals surface area contributed by atoms with E-state index in [1.807, 2.05) is 0 Å². The van der Waals surface area contributed by atoms with Crippen molar-refractivity contribution in [2.24, 2.45) is 0 Å². The summed E-state index contributed by atoms with van der Waals surface area (Å²) in [6.45, 7) is 0. The van der Waals surface area contributed by atoms with Gasteiger partial charge in [0, 0.05) is 6.07 Å². The van der Waals surface area contributed by atoms with Crippen molar-refractivity contribution in [2.45, 2.75) is 4.90 Å². The summed E-state index contributed by atoms with van der Waals surface area (Å²) in [6, 6.07) is 2.83. The highest BCUT2D eigenvalue weighted by molar-refractivity contribution is 7.86. The number of phenols is 2. The Bertz CT molecular complexity index is 563. The minimum absolute atomic E-state index is 0.347. The van der Waals surface area contributed by atoms with Gasteiger partial charge in [-0.1, -0.05) is 0 Å². The number of hydrogen-bond donors (Lipinski definition) is 3. The Kier molecular flexibility index (Phi) is 4.88. The van der Waals surface area contributed by atoms with Gasteiger partial charge in [0.05, 0.1) is 0 Å². The smallest absolute Gasteiger partial charge is 0.425 e. The fourth-order valence-electron chi connectivity index (χ4n) is 0.709. The molecule has 8 nitrogen and oxygen atoms in total. The molecule has 0 aliphatic heterocycles. The maximum Gasteiger partial charge on any atom is 0.425 e. The second-order valence-electron chi connectivity index (χ2n) is 2.33. The molecule has 0 amide bonds. The molecule has 1 aromatic rings. The first-order chi connectivity index (χ1) is 7.14. The lowest BCUT2D eigenvalue weighted by atomic mass is 10.3. The van der Waals surface area contributed by atoms with E-state index in [1.54, 1.807) is 0 Å². The quantitative estimate of drug-likeness (QED) is 0.450. The molecule has 0 radical (unpaired) electrons. The van der Waals surface area contributed by atoms with E-state index in [-0.39, 0.29) is 5.75 Å². The molecule has 0 aliphatic rings. The maximum atomic E-state index is 10.5. The number of phenolic OH excluding ortho intramolecular Hbond substituents is 2. The van der Waals surface area contributed by atoms with Gasteiger partial charge in [-0.2, -0.15) is 8.42 Å². The largest absolute Gasteiger partial charge is 0.508 e. The van der Waals surface area contributed by atoms with E-state index in [0.717, 1.165) is 18.2 Å². The summed E-state index contributed by atoms with van der Waals surface area (Å²) in [4.78, 5) is -0.706. The van der Waals surface area contributed by atoms with Crippen molar-refractivity contribution in [3.63, 3.8) is 0 Å². The summed E-state index contributed by atoms with van der Waals surface area (Å²) < 4.78 is 54.8. The average Bonchev–Trinajstić information content (AvgIpc) is 2.06. The number of hydrogen-bond acceptors (Lipinski definition) is 7. The summed E-state index contributed by atoms with van der Waals surface area (Å²) >= 11 is 0. The summed E-state index contributed by atoms with van der Waals surface area (Å²) in [6.07, 6.45) is 0. The zero-order valence-electron chi connectivity index (χ0n) is 7.43. The third kappa shape index (κ3) is 5.29. The summed E-state index contributed by atoms with van der Waals surface area (Å²) in [5, 5.41) is 17.7. The second kappa shape index (κ2) is 5.44. The van der Waals surface area contributed by atoms with E-state index in [4.69, 9.17) is 27.4 Å². The number of rotatable bonds is 1. The van der Waals surface area contributed by atoms with Crippen LogP contribution in [0.25, 0.3) is 0 Å². The van der Waals surface area contributed by atoms with Crippen LogP contribution in [0.3, 0.4) is 0 Å². The second-order valence-corrected chi connectivity index (χ2v) is 4.13. The zero-order chi connectivity index (χ0) is 12.9. The van der Waals surface area contributed by atoms with Gasteiger partial charge in [0.2, 0.25) is 0 Å². The van der Waals surface area contributed by atoms with Crippen molar-refractivity contribution in [3.8, 4) is 11.5 Å². The van der Waals surface area contributed by atoms with Crippen LogP contribution in [0.15, 0.2) is 23.1 Å². The predicted octanol–water partition coefficient (Wildman–Crippen LogP) is -0.660. The van der Waals surface area contributed by atoms with Gasteiger partial charge in [0.1, 0.15) is 16.4 Å². The Labute approximate surface area is 91.6 Å². The number of aromatic hydroxyl groups is 2. The monoisotopic (exact) mass is 270 g/mol. The summed E-state index contributed by atoms with van der Waals surface area (Å²) in [7, 11) is -7.58. The van der Waals surface area contributed by atoms with Crippen LogP contribution in [0.4, 0.5) is 0 Å². The number of benzene rings is 1. The molecular weight excluding hydrogens is 264 g/mol. The molecule has 0 spiro atoms. The van der Waals surface area contributed by atoms with Gasteiger partial charge in [-0.15, -0.1) is 12.6 Å². The summed E-state index contributed by atoms with van der Waals surface area (Å²) in [5.74, 6) is -0.948. The lowest BCUT2D eigenvalue weighted by Crippen LogP contribution is -1.97. The van der Waals surface area contributed by atoms with Crippen molar-refractivity contribution in [2.75, 3.05) is 0 Å². The molecule has 90 valence electrons. The molecule has 3 N–H and O–H groups in total. The molecule has 1 aromatic carbocycles. The SMILES string of the molecule is O=S(=O)(O)c1cc(O)ccc1O.O=S(=O)=O. The molecule has 0 bridgehead atoms. The van der Waals surface area contributed by atoms with Gasteiger partial charge in [-0.05, 0) is 12.1 Å². The van der Waals surface area contributed by atoms with Crippen LogP contribution in [0.5, 0.6) is 11.5 Å². The highest BCUT2D eigenvalue weighted by atomic mass is 32.2. The van der Waals surface area contributed by atoms with E-state index in [1.165, 1.54) is 0 Å². The highest BCUT2D eigenvalue weighted by Gasteiger charge is 2.15. The van der Waals surface area contributed by atoms with E-state index in [0.29, 0.717) is 0 Å². The molecule has 0 aromatic heterocycles. The van der Waals surface area contributed by atoms with E-state index in [9.17, 15) is 8.42 Å². The molecule has 0 aliphatic carbocycles. The molecule has 0 atom stereocenters. The summed E-state index contributed by atoms with van der Waals surface area (Å²) in [5.41, 5.74) is 0. The fourth-order valence-corrected chi connectivity index (χ4v) is 1.31. The molecule has 0 heterocycles. The first kappa shape index (κ1) is 14.3. The first-order valence-electron chi connectivity index (χ1n) is 3.41. The van der Waals surface area contributed by atoms with Crippen LogP contribution < -0.4 is 0 Å². The van der Waals surface area contributed by atoms with E-state index in [2.05, 4.69) is 0 Å². The van der Waals surface area contributed by atoms with Gasteiger partial charge >= 0.3 is 10.6 Å². The Balaban J connectivity index is 0.000000487. The van der Waals surface area contributed by atoms with E-state index >= 15 is 0 Å². The van der Waals surface area contributed by atoms with Crippen LogP contribution in [0, 0.1) is 0 Å². The zero-order valence-corrected chi connectivity index (χ0v) is 9.06. The van der Waals surface area contributed by atoms with Gasteiger partial charge < -0.3 is 10.2 Å². The van der Waals surface area contributed by atoms with Gasteiger partial charge in [-0.3, -0.25) is 4.55 Å². The van der Waals surface area contributed by atoms with Crippen LogP contribution in [-0.2, 0) is 20.7 Å². The molecule has 0 saturated heterocycles. The van der Waals surface area contributed by atoms with Crippen LogP contribution in [0.2, 0.25) is 0 Å². The molecule has 0 saturated carbocycles. The third-order valence-corrected chi connectivity index (χ3v) is 2.10. The standard InChI is InChI=1S/C6H6O5S.O3S/c7-4-1-2-5(8)6(3-4)12(9,10)11;1-4(2)3/h1-3,7-8H,(H,9,10,11);. The molecule has 0 unspecified atom stereocenters. The lowest BCUT2D eigenvalue weighted by molar-refractivity contribution is 0.433. The van der Waals surface area contributed by atoms with Crippen molar-refractivity contribution >= 4 is 20.7 Å². The average molecular weight is 270 g/mol. The topological polar surface area (TPSA) is 146 Å². The predicted molar refractivity (Wildman–Crippen MR) is 49.3 cm³/mol. The highest BCUT2D eigenvalue weighted by Crippen LogP contribution is 2.25. The third-order valence-electron chi connectivity index (χ3n) is 1.22. The Hall–Kier alpha value is -1.65. The van der Waals surface area contributed by atoms with Crippen molar-refractivity contribution in [1.82, 2.24) is 0 Å². The van der Waals surface area contributed by atoms with Gasteiger partial charge in [0.15, 0.2) is 0 Å². The first-order valence-corrected chi connectivity index (χ1v) is 5.85. The van der Waals surface area contributed by atoms with Crippen LogP contribution in [0.1, 0.15) is 0 Å².